The average Bonchev–Trinajstić information content (AvgIpc) is 3.42. The predicted molar refractivity (Wildman–Crippen MR) is 133 cm³/mol. The largest absolute Gasteiger partial charge is 0.353 e. The average molecular weight is 464 g/mol. The zero-order chi connectivity index (χ0) is 24.1. The first-order valence-corrected chi connectivity index (χ1v) is 11.7. The molecule has 180 valence electrons. The maximum atomic E-state index is 13.3. The molecule has 2 amide bonds. The van der Waals surface area contributed by atoms with E-state index in [9.17, 15) is 9.59 Å². The number of nitrogens with zero attached hydrogens (tertiary/aromatic N) is 5. The number of carbonyl (C=O) groups is 2. The third-order valence-electron chi connectivity index (χ3n) is 6.11. The molecular weight excluding hydrogens is 430 g/mol. The lowest BCUT2D eigenvalue weighted by Crippen LogP contribution is -2.48. The van der Waals surface area contributed by atoms with Gasteiger partial charge in [-0.25, -0.2) is 5.01 Å². The van der Waals surface area contributed by atoms with Gasteiger partial charge >= 0.3 is 0 Å². The van der Waals surface area contributed by atoms with Crippen molar-refractivity contribution < 1.29 is 9.59 Å². The molecule has 0 atom stereocenters. The number of hydrogen-bond acceptors (Lipinski definition) is 6. The summed E-state index contributed by atoms with van der Waals surface area (Å²) >= 11 is 0. The van der Waals surface area contributed by atoms with Crippen molar-refractivity contribution in [2.75, 3.05) is 44.7 Å². The van der Waals surface area contributed by atoms with Gasteiger partial charge in [0.05, 0.1) is 18.6 Å². The number of amides is 2. The van der Waals surface area contributed by atoms with Crippen LogP contribution in [0.2, 0.25) is 0 Å². The smallest absolute Gasteiger partial charge is 0.256 e. The molecule has 0 radical (unpaired) electrons. The number of aromatic nitrogens is 2. The van der Waals surface area contributed by atoms with Crippen LogP contribution in [0.4, 0.5) is 5.69 Å². The van der Waals surface area contributed by atoms with Crippen LogP contribution in [0.15, 0.2) is 48.7 Å². The Labute approximate surface area is 200 Å². The summed E-state index contributed by atoms with van der Waals surface area (Å²) in [6, 6.07) is 14.1. The molecule has 1 aliphatic rings. The van der Waals surface area contributed by atoms with E-state index in [1.54, 1.807) is 16.7 Å². The molecule has 0 fully saturated rings. The van der Waals surface area contributed by atoms with Gasteiger partial charge in [0.15, 0.2) is 0 Å². The SMILES string of the molecule is CCNCCNC(=O)CN(CC(=O)N(C)N1Cc2ccccc2C1)c1ccc2nn(C)cc2c1. The summed E-state index contributed by atoms with van der Waals surface area (Å²) in [6.07, 6.45) is 1.93. The minimum Gasteiger partial charge on any atom is -0.353 e. The number of hydrogen-bond donors (Lipinski definition) is 2. The molecule has 2 N–H and O–H groups in total. The Morgan fingerprint density at radius 3 is 2.50 bits per heavy atom. The van der Waals surface area contributed by atoms with Crippen molar-refractivity contribution in [1.82, 2.24) is 30.4 Å². The molecule has 2 aromatic carbocycles. The van der Waals surface area contributed by atoms with Crippen molar-refractivity contribution in [2.24, 2.45) is 7.05 Å². The summed E-state index contributed by atoms with van der Waals surface area (Å²) in [5.74, 6) is -0.187. The third kappa shape index (κ3) is 5.55. The number of fused-ring (bicyclic) bond motifs is 2. The summed E-state index contributed by atoms with van der Waals surface area (Å²) in [5.41, 5.74) is 4.16. The normalized spacial score (nSPS) is 13.1. The molecule has 34 heavy (non-hydrogen) atoms. The van der Waals surface area contributed by atoms with Gasteiger partial charge < -0.3 is 15.5 Å². The quantitative estimate of drug-likeness (QED) is 0.443. The van der Waals surface area contributed by atoms with Crippen LogP contribution in [-0.4, -0.2) is 71.4 Å². The Hall–Kier alpha value is -3.43. The van der Waals surface area contributed by atoms with Crippen LogP contribution in [0.25, 0.3) is 10.9 Å². The first kappa shape index (κ1) is 23.7. The van der Waals surface area contributed by atoms with E-state index in [-0.39, 0.29) is 24.9 Å². The first-order chi connectivity index (χ1) is 16.4. The number of nitrogens with one attached hydrogen (secondary N) is 2. The molecule has 1 aromatic heterocycles. The van der Waals surface area contributed by atoms with E-state index in [4.69, 9.17) is 0 Å². The van der Waals surface area contributed by atoms with Gasteiger partial charge in [-0.05, 0) is 35.9 Å². The highest BCUT2D eigenvalue weighted by molar-refractivity contribution is 5.89. The van der Waals surface area contributed by atoms with Gasteiger partial charge in [0.25, 0.3) is 5.91 Å². The molecule has 1 aliphatic heterocycles. The molecule has 9 heteroatoms. The summed E-state index contributed by atoms with van der Waals surface area (Å²) in [5, 5.41) is 15.2. The zero-order valence-corrected chi connectivity index (χ0v) is 20.1. The fraction of sp³-hybridized carbons (Fsp3) is 0.400. The number of anilines is 1. The molecule has 0 spiro atoms. The van der Waals surface area contributed by atoms with Gasteiger partial charge in [0, 0.05) is 57.5 Å². The monoisotopic (exact) mass is 463 g/mol. The predicted octanol–water partition coefficient (Wildman–Crippen LogP) is 1.49. The van der Waals surface area contributed by atoms with Crippen LogP contribution in [0, 0.1) is 0 Å². The van der Waals surface area contributed by atoms with Crippen LogP contribution >= 0.6 is 0 Å². The lowest BCUT2D eigenvalue weighted by Gasteiger charge is -2.31. The second kappa shape index (κ2) is 10.7. The topological polar surface area (TPSA) is 85.7 Å². The van der Waals surface area contributed by atoms with Crippen molar-refractivity contribution in [3.05, 3.63) is 59.8 Å². The van der Waals surface area contributed by atoms with E-state index in [1.165, 1.54) is 11.1 Å². The fourth-order valence-corrected chi connectivity index (χ4v) is 4.22. The minimum atomic E-state index is -0.117. The number of benzene rings is 2. The van der Waals surface area contributed by atoms with Gasteiger partial charge in [-0.15, -0.1) is 0 Å². The van der Waals surface area contributed by atoms with E-state index in [0.29, 0.717) is 26.2 Å². The highest BCUT2D eigenvalue weighted by Gasteiger charge is 2.26. The molecule has 4 rings (SSSR count). The van der Waals surface area contributed by atoms with Crippen LogP contribution in [0.1, 0.15) is 18.1 Å². The molecule has 0 unspecified atom stereocenters. The van der Waals surface area contributed by atoms with Crippen LogP contribution < -0.4 is 15.5 Å². The maximum absolute atomic E-state index is 13.3. The number of aryl methyl sites for hydroxylation is 1. The van der Waals surface area contributed by atoms with E-state index in [0.717, 1.165) is 23.1 Å². The lowest BCUT2D eigenvalue weighted by atomic mass is 10.1. The highest BCUT2D eigenvalue weighted by Crippen LogP contribution is 2.24. The van der Waals surface area contributed by atoms with Gasteiger partial charge in [-0.3, -0.25) is 19.3 Å². The standard InChI is InChI=1S/C25H33N7O2/c1-4-26-11-12-27-24(33)17-31(22-9-10-23-21(13-22)14-29(2)28-23)18-25(34)30(3)32-15-19-7-5-6-8-20(19)16-32/h5-10,13-14,26H,4,11-12,15-18H2,1-3H3,(H,27,33). The van der Waals surface area contributed by atoms with Crippen LogP contribution in [-0.2, 0) is 29.7 Å². The molecule has 2 heterocycles. The molecule has 9 nitrogen and oxygen atoms in total. The molecular formula is C25H33N7O2. The van der Waals surface area contributed by atoms with E-state index in [2.05, 4.69) is 27.9 Å². The van der Waals surface area contributed by atoms with Gasteiger partial charge in [-0.1, -0.05) is 31.2 Å². The molecule has 3 aromatic rings. The van der Waals surface area contributed by atoms with Gasteiger partial charge in [0.2, 0.25) is 5.91 Å². The minimum absolute atomic E-state index is 0.0699. The Balaban J connectivity index is 1.47. The van der Waals surface area contributed by atoms with Gasteiger partial charge in [0.1, 0.15) is 0 Å². The van der Waals surface area contributed by atoms with E-state index >= 15 is 0 Å². The molecule has 0 saturated heterocycles. The maximum Gasteiger partial charge on any atom is 0.256 e. The summed E-state index contributed by atoms with van der Waals surface area (Å²) in [4.78, 5) is 27.8. The van der Waals surface area contributed by atoms with Crippen LogP contribution in [0.3, 0.4) is 0 Å². The highest BCUT2D eigenvalue weighted by atomic mass is 16.2. The second-order valence-electron chi connectivity index (χ2n) is 8.61. The Morgan fingerprint density at radius 2 is 1.79 bits per heavy atom. The Morgan fingerprint density at radius 1 is 1.06 bits per heavy atom. The molecule has 0 bridgehead atoms. The fourth-order valence-electron chi connectivity index (χ4n) is 4.22. The molecule has 0 aliphatic carbocycles. The van der Waals surface area contributed by atoms with Crippen molar-refractivity contribution in [3.63, 3.8) is 0 Å². The first-order valence-electron chi connectivity index (χ1n) is 11.7. The second-order valence-corrected chi connectivity index (χ2v) is 8.61. The van der Waals surface area contributed by atoms with E-state index in [1.807, 2.05) is 60.4 Å². The van der Waals surface area contributed by atoms with Crippen molar-refractivity contribution >= 4 is 28.4 Å². The third-order valence-corrected chi connectivity index (χ3v) is 6.11. The molecule has 0 saturated carbocycles. The van der Waals surface area contributed by atoms with Crippen molar-refractivity contribution in [3.8, 4) is 0 Å². The lowest BCUT2D eigenvalue weighted by molar-refractivity contribution is -0.145. The Bertz CT molecular complexity index is 1130. The number of likely N-dealkylation sites (N-methyl/N-ethyl adjacent to an activating group) is 2. The summed E-state index contributed by atoms with van der Waals surface area (Å²) in [6.45, 7) is 5.72. The van der Waals surface area contributed by atoms with Gasteiger partial charge in [-0.2, -0.15) is 5.10 Å². The summed E-state index contributed by atoms with van der Waals surface area (Å²) in [7, 11) is 3.68. The number of carbonyl (C=O) groups excluding carboxylic acids is 2. The van der Waals surface area contributed by atoms with Crippen molar-refractivity contribution in [2.45, 2.75) is 20.0 Å². The zero-order valence-electron chi connectivity index (χ0n) is 20.1. The van der Waals surface area contributed by atoms with Crippen LogP contribution in [0.5, 0.6) is 0 Å². The number of rotatable bonds is 10. The Kier molecular flexibility index (Phi) is 7.44. The van der Waals surface area contributed by atoms with Crippen molar-refractivity contribution in [1.29, 1.82) is 0 Å². The number of hydrazine groups is 1. The summed E-state index contributed by atoms with van der Waals surface area (Å²) < 4.78 is 1.76. The van der Waals surface area contributed by atoms with E-state index < -0.39 is 0 Å².